The molecule has 0 amide bonds. The molecule has 1 aromatic carbocycles. The number of unbranched alkanes of at least 4 members (excludes halogenated alkanes) is 1. The molecule has 8 nitrogen and oxygen atoms in total. The van der Waals surface area contributed by atoms with Crippen LogP contribution in [0.1, 0.15) is 41.7 Å². The number of esters is 1. The summed E-state index contributed by atoms with van der Waals surface area (Å²) in [6.07, 6.45) is 4.31. The number of hydrogen-bond donors (Lipinski definition) is 1. The molecule has 27 heavy (non-hydrogen) atoms. The number of rotatable bonds is 6. The van der Waals surface area contributed by atoms with Crippen LogP contribution in [-0.4, -0.2) is 27.8 Å². The van der Waals surface area contributed by atoms with Crippen molar-refractivity contribution in [3.8, 4) is 23.2 Å². The first-order valence-corrected chi connectivity index (χ1v) is 8.51. The van der Waals surface area contributed by atoms with E-state index in [9.17, 15) is 10.1 Å². The molecule has 2 heterocycles. The largest absolute Gasteiger partial charge is 0.464 e. The third kappa shape index (κ3) is 3.53. The molecule has 3 aromatic rings. The van der Waals surface area contributed by atoms with Crippen LogP contribution in [0.25, 0.3) is 17.1 Å². The van der Waals surface area contributed by atoms with Gasteiger partial charge in [-0.15, -0.1) is 10.2 Å². The summed E-state index contributed by atoms with van der Waals surface area (Å²) in [6, 6.07) is 9.13. The zero-order chi connectivity index (χ0) is 19.4. The maximum atomic E-state index is 12.1. The number of ether oxygens (including phenoxy) is 1. The first-order valence-electron chi connectivity index (χ1n) is 8.51. The Balaban J connectivity index is 1.93. The van der Waals surface area contributed by atoms with E-state index < -0.39 is 5.97 Å². The minimum Gasteiger partial charge on any atom is -0.464 e. The topological polar surface area (TPSA) is 120 Å². The molecule has 0 fully saturated rings. The van der Waals surface area contributed by atoms with Crippen molar-refractivity contribution in [2.24, 2.45) is 0 Å². The van der Waals surface area contributed by atoms with E-state index in [1.807, 2.05) is 6.07 Å². The lowest BCUT2D eigenvalue weighted by Gasteiger charge is -2.08. The quantitative estimate of drug-likeness (QED) is 0.666. The van der Waals surface area contributed by atoms with Gasteiger partial charge in [0, 0.05) is 23.9 Å². The third-order valence-electron chi connectivity index (χ3n) is 4.15. The van der Waals surface area contributed by atoms with Crippen molar-refractivity contribution in [3.63, 3.8) is 0 Å². The lowest BCUT2D eigenvalue weighted by molar-refractivity contribution is 0.0593. The van der Waals surface area contributed by atoms with Gasteiger partial charge in [0.15, 0.2) is 5.69 Å². The highest BCUT2D eigenvalue weighted by molar-refractivity contribution is 5.96. The van der Waals surface area contributed by atoms with Crippen LogP contribution < -0.4 is 5.73 Å². The van der Waals surface area contributed by atoms with E-state index in [0.717, 1.165) is 24.8 Å². The lowest BCUT2D eigenvalue weighted by atomic mass is 10.2. The van der Waals surface area contributed by atoms with Gasteiger partial charge in [-0.3, -0.25) is 0 Å². The number of nitrogens with two attached hydrogens (primary N) is 1. The SMILES string of the molecule is CCCCc1nnc(-c2ccc(-n3cc(C#N)c(N)c3C(=O)OC)cc2)o1. The van der Waals surface area contributed by atoms with Crippen LogP contribution >= 0.6 is 0 Å². The predicted molar refractivity (Wildman–Crippen MR) is 98.1 cm³/mol. The van der Waals surface area contributed by atoms with Crippen LogP contribution in [0.2, 0.25) is 0 Å². The van der Waals surface area contributed by atoms with Gasteiger partial charge < -0.3 is 19.5 Å². The highest BCUT2D eigenvalue weighted by Gasteiger charge is 2.21. The molecular weight excluding hydrogens is 346 g/mol. The number of hydrogen-bond acceptors (Lipinski definition) is 7. The molecule has 0 spiro atoms. The highest BCUT2D eigenvalue weighted by atomic mass is 16.5. The maximum absolute atomic E-state index is 12.1. The molecule has 0 bridgehead atoms. The summed E-state index contributed by atoms with van der Waals surface area (Å²) < 4.78 is 12.0. The van der Waals surface area contributed by atoms with E-state index in [0.29, 0.717) is 17.5 Å². The molecule has 0 aliphatic rings. The van der Waals surface area contributed by atoms with Crippen LogP contribution in [0.15, 0.2) is 34.9 Å². The van der Waals surface area contributed by atoms with Gasteiger partial charge in [0.05, 0.1) is 18.4 Å². The minimum absolute atomic E-state index is 0.0888. The number of aryl methyl sites for hydroxylation is 1. The Bertz CT molecular complexity index is 996. The second kappa shape index (κ2) is 7.74. The summed E-state index contributed by atoms with van der Waals surface area (Å²) in [5.74, 6) is 0.432. The molecule has 8 heteroatoms. The number of carbonyl (C=O) groups excluding carboxylic acids is 1. The van der Waals surface area contributed by atoms with Crippen molar-refractivity contribution in [1.82, 2.24) is 14.8 Å². The molecule has 0 radical (unpaired) electrons. The van der Waals surface area contributed by atoms with Crippen LogP contribution in [0.4, 0.5) is 5.69 Å². The Labute approximate surface area is 156 Å². The highest BCUT2D eigenvalue weighted by Crippen LogP contribution is 2.26. The Morgan fingerprint density at radius 1 is 1.33 bits per heavy atom. The van der Waals surface area contributed by atoms with Gasteiger partial charge in [-0.2, -0.15) is 5.26 Å². The van der Waals surface area contributed by atoms with Crippen molar-refractivity contribution >= 4 is 11.7 Å². The summed E-state index contributed by atoms with van der Waals surface area (Å²) in [5.41, 5.74) is 7.73. The van der Waals surface area contributed by atoms with Gasteiger partial charge in [-0.25, -0.2) is 4.79 Å². The summed E-state index contributed by atoms with van der Waals surface area (Å²) in [7, 11) is 1.26. The van der Waals surface area contributed by atoms with Crippen LogP contribution in [0.5, 0.6) is 0 Å². The van der Waals surface area contributed by atoms with E-state index in [1.54, 1.807) is 24.3 Å². The molecule has 2 aromatic heterocycles. The first kappa shape index (κ1) is 18.2. The average Bonchev–Trinajstić information content (AvgIpc) is 3.30. The van der Waals surface area contributed by atoms with Crippen molar-refractivity contribution in [3.05, 3.63) is 47.6 Å². The van der Waals surface area contributed by atoms with Gasteiger partial charge in [-0.05, 0) is 30.7 Å². The fraction of sp³-hybridized carbons (Fsp3) is 0.263. The Hall–Kier alpha value is -3.60. The van der Waals surface area contributed by atoms with Crippen LogP contribution in [0.3, 0.4) is 0 Å². The molecule has 0 aliphatic heterocycles. The predicted octanol–water partition coefficient (Wildman–Crippen LogP) is 3.11. The number of carbonyl (C=O) groups is 1. The lowest BCUT2D eigenvalue weighted by Crippen LogP contribution is -2.11. The molecule has 0 saturated heterocycles. The number of aromatic nitrogens is 3. The maximum Gasteiger partial charge on any atom is 0.357 e. The number of nitrogens with zero attached hydrogens (tertiary/aromatic N) is 4. The summed E-state index contributed by atoms with van der Waals surface area (Å²) in [5, 5.41) is 17.3. The molecule has 0 aliphatic carbocycles. The van der Waals surface area contributed by atoms with Gasteiger partial charge in [0.2, 0.25) is 11.8 Å². The molecule has 0 saturated carbocycles. The first-order chi connectivity index (χ1) is 13.1. The second-order valence-electron chi connectivity index (χ2n) is 5.93. The van der Waals surface area contributed by atoms with Gasteiger partial charge in [0.1, 0.15) is 6.07 Å². The number of nitriles is 1. The Morgan fingerprint density at radius 3 is 2.70 bits per heavy atom. The van der Waals surface area contributed by atoms with E-state index in [1.165, 1.54) is 17.9 Å². The molecule has 3 rings (SSSR count). The average molecular weight is 365 g/mol. The van der Waals surface area contributed by atoms with Crippen molar-refractivity contribution in [1.29, 1.82) is 5.26 Å². The minimum atomic E-state index is -0.615. The number of methoxy groups -OCH3 is 1. The molecule has 138 valence electrons. The molecular formula is C19H19N5O3. The Morgan fingerprint density at radius 2 is 2.07 bits per heavy atom. The number of benzene rings is 1. The number of anilines is 1. The standard InChI is InChI=1S/C19H19N5O3/c1-3-4-5-15-22-23-18(27-15)12-6-8-14(9-7-12)24-11-13(10-20)16(21)17(24)19(25)26-2/h6-9,11H,3-5,21H2,1-2H3. The second-order valence-corrected chi connectivity index (χ2v) is 5.93. The van der Waals surface area contributed by atoms with Crippen molar-refractivity contribution in [2.45, 2.75) is 26.2 Å². The van der Waals surface area contributed by atoms with Crippen LogP contribution in [0, 0.1) is 11.3 Å². The molecule has 0 unspecified atom stereocenters. The van der Waals surface area contributed by atoms with Gasteiger partial charge in [0.25, 0.3) is 0 Å². The fourth-order valence-electron chi connectivity index (χ4n) is 2.68. The van der Waals surface area contributed by atoms with E-state index in [4.69, 9.17) is 14.9 Å². The van der Waals surface area contributed by atoms with Gasteiger partial charge >= 0.3 is 5.97 Å². The van der Waals surface area contributed by atoms with Crippen molar-refractivity contribution in [2.75, 3.05) is 12.8 Å². The monoisotopic (exact) mass is 365 g/mol. The molecule has 0 atom stereocenters. The summed E-state index contributed by atoms with van der Waals surface area (Å²) in [6.45, 7) is 2.10. The zero-order valence-electron chi connectivity index (χ0n) is 15.1. The van der Waals surface area contributed by atoms with Crippen molar-refractivity contribution < 1.29 is 13.9 Å². The van der Waals surface area contributed by atoms with E-state index in [-0.39, 0.29) is 16.9 Å². The van der Waals surface area contributed by atoms with Crippen LogP contribution in [-0.2, 0) is 11.2 Å². The fourth-order valence-corrected chi connectivity index (χ4v) is 2.68. The smallest absolute Gasteiger partial charge is 0.357 e. The molecule has 2 N–H and O–H groups in total. The summed E-state index contributed by atoms with van der Waals surface area (Å²) >= 11 is 0. The zero-order valence-corrected chi connectivity index (χ0v) is 15.1. The Kier molecular flexibility index (Phi) is 5.22. The number of nitrogen functional groups attached to an aromatic ring is 1. The van der Waals surface area contributed by atoms with E-state index in [2.05, 4.69) is 17.1 Å². The summed E-state index contributed by atoms with van der Waals surface area (Å²) in [4.78, 5) is 12.1. The van der Waals surface area contributed by atoms with E-state index >= 15 is 0 Å². The normalized spacial score (nSPS) is 10.6. The third-order valence-corrected chi connectivity index (χ3v) is 4.15. The van der Waals surface area contributed by atoms with Gasteiger partial charge in [-0.1, -0.05) is 13.3 Å².